The number of rotatable bonds is 8. The number of oxime groups is 1. The van der Waals surface area contributed by atoms with Gasteiger partial charge in [0.2, 0.25) is 5.44 Å². The number of hydrogen-bond donors (Lipinski definition) is 1. The lowest BCUT2D eigenvalue weighted by Crippen LogP contribution is -2.49. The van der Waals surface area contributed by atoms with Gasteiger partial charge in [0.15, 0.2) is 0 Å². The first kappa shape index (κ1) is 21.7. The van der Waals surface area contributed by atoms with Crippen molar-refractivity contribution < 1.29 is 14.4 Å². The molecule has 8 heteroatoms. The highest BCUT2D eigenvalue weighted by Crippen LogP contribution is 2.27. The van der Waals surface area contributed by atoms with Crippen molar-refractivity contribution in [3.63, 3.8) is 0 Å². The normalized spacial score (nSPS) is 13.0. The van der Waals surface area contributed by atoms with Crippen LogP contribution in [0.3, 0.4) is 0 Å². The Bertz CT molecular complexity index is 842. The molecule has 0 aliphatic carbocycles. The molecule has 0 spiro atoms. The number of carbonyl (C=O) groups is 1. The van der Waals surface area contributed by atoms with Crippen molar-refractivity contribution in [1.29, 1.82) is 0 Å². The second kappa shape index (κ2) is 9.59. The first-order chi connectivity index (χ1) is 12.8. The Balaban J connectivity index is 2.16. The Labute approximate surface area is 177 Å². The van der Waals surface area contributed by atoms with E-state index in [-0.39, 0.29) is 5.91 Å². The summed E-state index contributed by atoms with van der Waals surface area (Å²) in [6.45, 7) is 8.00. The largest absolute Gasteiger partial charge is 0.470 e. The zero-order valence-electron chi connectivity index (χ0n) is 16.1. The molecule has 1 amide bonds. The number of fused-ring (bicyclic) bond motifs is 1. The zero-order valence-corrected chi connectivity index (χ0v) is 19.1. The van der Waals surface area contributed by atoms with E-state index in [0.717, 1.165) is 20.0 Å². The van der Waals surface area contributed by atoms with Gasteiger partial charge in [-0.3, -0.25) is 9.78 Å². The van der Waals surface area contributed by atoms with Crippen LogP contribution in [-0.4, -0.2) is 40.9 Å². The summed E-state index contributed by atoms with van der Waals surface area (Å²) in [7, 11) is 0. The van der Waals surface area contributed by atoms with Crippen LogP contribution in [-0.2, 0) is 9.63 Å². The zero-order chi connectivity index (χ0) is 20.0. The third-order valence-electron chi connectivity index (χ3n) is 3.61. The van der Waals surface area contributed by atoms with Crippen molar-refractivity contribution in [3.8, 4) is 5.75 Å². The number of nitrogens with zero attached hydrogens (tertiary/aromatic N) is 2. The van der Waals surface area contributed by atoms with Gasteiger partial charge in [0, 0.05) is 15.2 Å². The lowest BCUT2D eigenvalue weighted by Gasteiger charge is -2.24. The first-order valence-corrected chi connectivity index (χ1v) is 10.9. The molecule has 0 saturated carbocycles. The monoisotopic (exact) mass is 501 g/mol. The summed E-state index contributed by atoms with van der Waals surface area (Å²) in [6.07, 6.45) is 5.24. The van der Waals surface area contributed by atoms with Crippen molar-refractivity contribution in [3.05, 3.63) is 33.5 Å². The predicted molar refractivity (Wildman–Crippen MR) is 119 cm³/mol. The fourth-order valence-corrected chi connectivity index (χ4v) is 3.38. The molecule has 0 fully saturated rings. The van der Waals surface area contributed by atoms with Crippen molar-refractivity contribution in [2.75, 3.05) is 12.9 Å². The molecular formula is C19H24IN3O3S. The van der Waals surface area contributed by atoms with E-state index >= 15 is 0 Å². The highest BCUT2D eigenvalue weighted by Gasteiger charge is 2.26. The predicted octanol–water partition coefficient (Wildman–Crippen LogP) is 4.13. The summed E-state index contributed by atoms with van der Waals surface area (Å²) in [5, 5.41) is 7.75. The van der Waals surface area contributed by atoms with E-state index in [1.165, 1.54) is 11.8 Å². The van der Waals surface area contributed by atoms with Gasteiger partial charge < -0.3 is 14.9 Å². The molecule has 1 atom stereocenters. The van der Waals surface area contributed by atoms with Crippen LogP contribution < -0.4 is 10.1 Å². The molecule has 1 aromatic heterocycles. The van der Waals surface area contributed by atoms with Gasteiger partial charge in [-0.25, -0.2) is 0 Å². The van der Waals surface area contributed by atoms with Crippen molar-refractivity contribution >= 4 is 57.4 Å². The van der Waals surface area contributed by atoms with Crippen LogP contribution in [0.5, 0.6) is 5.75 Å². The smallest absolute Gasteiger partial charge is 0.272 e. The maximum Gasteiger partial charge on any atom is 0.272 e. The molecule has 0 radical (unpaired) electrons. The van der Waals surface area contributed by atoms with Gasteiger partial charge in [-0.15, -0.1) is 11.8 Å². The molecule has 27 heavy (non-hydrogen) atoms. The highest BCUT2D eigenvalue weighted by molar-refractivity contribution is 14.1. The molecule has 0 aliphatic rings. The van der Waals surface area contributed by atoms with Crippen LogP contribution in [0.4, 0.5) is 0 Å². The summed E-state index contributed by atoms with van der Waals surface area (Å²) in [5.41, 5.74) is 0.602. The highest BCUT2D eigenvalue weighted by atomic mass is 127. The molecule has 1 N–H and O–H groups in total. The van der Waals surface area contributed by atoms with Gasteiger partial charge in [0.05, 0.1) is 17.3 Å². The van der Waals surface area contributed by atoms with Gasteiger partial charge in [0.25, 0.3) is 5.91 Å². The quantitative estimate of drug-likeness (QED) is 0.255. The minimum atomic E-state index is -0.683. The summed E-state index contributed by atoms with van der Waals surface area (Å²) in [6, 6.07) is 5.86. The lowest BCUT2D eigenvalue weighted by molar-refractivity contribution is -0.125. The molecule has 146 valence electrons. The van der Waals surface area contributed by atoms with Gasteiger partial charge in [0.1, 0.15) is 12.4 Å². The maximum absolute atomic E-state index is 12.7. The number of amides is 1. The van der Waals surface area contributed by atoms with Crippen LogP contribution in [0, 0.1) is 10.5 Å². The molecule has 2 aromatic rings. The molecule has 1 unspecified atom stereocenters. The number of nitrogens with one attached hydrogen (secondary N) is 1. The standard InChI is InChI=1S/C19H24IN3O3S/c1-6-25-22-11-19(3,4)23-17(24)18(27-5)26-15-7-12(2)16-13(9-15)8-14(20)10-21-16/h7-11,18H,6H2,1-5H3,(H,23,24)/b22-11-. The Morgan fingerprint density at radius 3 is 2.85 bits per heavy atom. The van der Waals surface area contributed by atoms with Crippen molar-refractivity contribution in [1.82, 2.24) is 10.3 Å². The van der Waals surface area contributed by atoms with E-state index in [0.29, 0.717) is 12.4 Å². The van der Waals surface area contributed by atoms with Crippen LogP contribution >= 0.6 is 34.4 Å². The molecular weight excluding hydrogens is 477 g/mol. The Kier molecular flexibility index (Phi) is 7.72. The van der Waals surface area contributed by atoms with Crippen LogP contribution in [0.25, 0.3) is 10.9 Å². The van der Waals surface area contributed by atoms with Gasteiger partial charge in [-0.1, -0.05) is 5.16 Å². The summed E-state index contributed by atoms with van der Waals surface area (Å²) >= 11 is 3.56. The van der Waals surface area contributed by atoms with E-state index in [1.54, 1.807) is 6.21 Å². The van der Waals surface area contributed by atoms with Crippen molar-refractivity contribution in [2.24, 2.45) is 5.16 Å². The summed E-state index contributed by atoms with van der Waals surface area (Å²) < 4.78 is 7.02. The minimum Gasteiger partial charge on any atom is -0.470 e. The Hall–Kier alpha value is -1.55. The van der Waals surface area contributed by atoms with Crippen LogP contribution in [0.15, 0.2) is 29.6 Å². The average Bonchev–Trinajstić information content (AvgIpc) is 2.58. The van der Waals surface area contributed by atoms with Crippen LogP contribution in [0.1, 0.15) is 26.3 Å². The lowest BCUT2D eigenvalue weighted by atomic mass is 10.1. The van der Waals surface area contributed by atoms with Gasteiger partial charge in [-0.2, -0.15) is 0 Å². The molecule has 2 rings (SSSR count). The number of benzene rings is 1. The minimum absolute atomic E-state index is 0.228. The fraction of sp³-hybridized carbons (Fsp3) is 0.421. The fourth-order valence-electron chi connectivity index (χ4n) is 2.42. The summed E-state index contributed by atoms with van der Waals surface area (Å²) in [5.74, 6) is 0.410. The number of thioether (sulfide) groups is 1. The number of aromatic nitrogens is 1. The third-order valence-corrected chi connectivity index (χ3v) is 4.94. The first-order valence-electron chi connectivity index (χ1n) is 8.49. The number of ether oxygens (including phenoxy) is 1. The SMILES string of the molecule is CCO/N=C\C(C)(C)NC(=O)C(Oc1cc(C)c2ncc(I)cc2c1)SC. The molecule has 0 saturated heterocycles. The molecule has 6 nitrogen and oxygen atoms in total. The number of hydrogen-bond acceptors (Lipinski definition) is 6. The number of aryl methyl sites for hydroxylation is 1. The Morgan fingerprint density at radius 2 is 2.19 bits per heavy atom. The van der Waals surface area contributed by atoms with Crippen molar-refractivity contribution in [2.45, 2.75) is 38.7 Å². The number of carbonyl (C=O) groups excluding carboxylic acids is 1. The van der Waals surface area contributed by atoms with E-state index in [4.69, 9.17) is 9.57 Å². The average molecular weight is 501 g/mol. The Morgan fingerprint density at radius 1 is 1.44 bits per heavy atom. The molecule has 1 heterocycles. The van der Waals surface area contributed by atoms with Gasteiger partial charge in [-0.05, 0) is 80.3 Å². The molecule has 0 bridgehead atoms. The second-order valence-corrected chi connectivity index (χ2v) is 8.66. The van der Waals surface area contributed by atoms with E-state index in [2.05, 4.69) is 38.0 Å². The van der Waals surface area contributed by atoms with Crippen LogP contribution in [0.2, 0.25) is 0 Å². The second-order valence-electron chi connectivity index (χ2n) is 6.51. The molecule has 1 aromatic carbocycles. The van der Waals surface area contributed by atoms with Gasteiger partial charge >= 0.3 is 0 Å². The third kappa shape index (κ3) is 6.24. The van der Waals surface area contributed by atoms with E-state index in [9.17, 15) is 4.79 Å². The molecule has 0 aliphatic heterocycles. The van der Waals surface area contributed by atoms with E-state index < -0.39 is 11.0 Å². The number of halogens is 1. The number of pyridine rings is 1. The maximum atomic E-state index is 12.7. The van der Waals surface area contributed by atoms with E-state index in [1.807, 2.05) is 58.3 Å². The summed E-state index contributed by atoms with van der Waals surface area (Å²) in [4.78, 5) is 22.1. The topological polar surface area (TPSA) is 72.8 Å².